The van der Waals surface area contributed by atoms with Crippen LogP contribution in [0.1, 0.15) is 22.3 Å². The number of amides is 2. The van der Waals surface area contributed by atoms with Gasteiger partial charge in [-0.3, -0.25) is 9.59 Å². The number of rotatable bonds is 4. The van der Waals surface area contributed by atoms with Crippen molar-refractivity contribution in [2.45, 2.75) is 19.4 Å². The maximum absolute atomic E-state index is 12.7. The van der Waals surface area contributed by atoms with Gasteiger partial charge in [0.2, 0.25) is 5.91 Å². The normalized spacial score (nSPS) is 17.0. The van der Waals surface area contributed by atoms with E-state index >= 15 is 0 Å². The Labute approximate surface area is 143 Å². The van der Waals surface area contributed by atoms with Crippen LogP contribution in [0.4, 0.5) is 11.4 Å². The lowest BCUT2D eigenvalue weighted by molar-refractivity contribution is -0.121. The number of phenolic OH excluding ortho intramolecular Hbond substituents is 1. The van der Waals surface area contributed by atoms with Gasteiger partial charge >= 0.3 is 5.97 Å². The molecule has 1 atom stereocenters. The molecule has 7 nitrogen and oxygen atoms in total. The van der Waals surface area contributed by atoms with Crippen LogP contribution < -0.4 is 10.2 Å². The summed E-state index contributed by atoms with van der Waals surface area (Å²) >= 11 is 0. The second-order valence-corrected chi connectivity index (χ2v) is 5.83. The first kappa shape index (κ1) is 16.5. The topological polar surface area (TPSA) is 107 Å². The molecule has 0 radical (unpaired) electrons. The Hall–Kier alpha value is -3.35. The summed E-state index contributed by atoms with van der Waals surface area (Å²) in [7, 11) is 0. The standard InChI is InChI=1S/C18H16N2O5/c1-10-5-6-11(18(24)25)7-15(10)20-16(22)9-14(17(20)23)19-12-3-2-4-13(21)8-12/h2-8,14,19,21H,9H2,1H3,(H,24,25). The smallest absolute Gasteiger partial charge is 0.335 e. The van der Waals surface area contributed by atoms with E-state index < -0.39 is 23.8 Å². The quantitative estimate of drug-likeness (QED) is 0.736. The number of carbonyl (C=O) groups is 3. The van der Waals surface area contributed by atoms with Gasteiger partial charge in [-0.05, 0) is 36.8 Å². The highest BCUT2D eigenvalue weighted by molar-refractivity contribution is 6.23. The summed E-state index contributed by atoms with van der Waals surface area (Å²) in [5, 5.41) is 21.5. The average Bonchev–Trinajstić information content (AvgIpc) is 2.82. The van der Waals surface area contributed by atoms with Gasteiger partial charge in [0, 0.05) is 11.8 Å². The van der Waals surface area contributed by atoms with Gasteiger partial charge in [-0.15, -0.1) is 0 Å². The molecule has 7 heteroatoms. The summed E-state index contributed by atoms with van der Waals surface area (Å²) in [5.74, 6) is -1.95. The number of hydrogen-bond acceptors (Lipinski definition) is 5. The Morgan fingerprint density at radius 2 is 1.96 bits per heavy atom. The first-order valence-electron chi connectivity index (χ1n) is 7.63. The molecule has 1 fully saturated rings. The minimum atomic E-state index is -1.13. The Balaban J connectivity index is 1.89. The van der Waals surface area contributed by atoms with Crippen molar-refractivity contribution in [3.8, 4) is 5.75 Å². The number of carbonyl (C=O) groups excluding carboxylic acids is 2. The number of imide groups is 1. The summed E-state index contributed by atoms with van der Waals surface area (Å²) < 4.78 is 0. The van der Waals surface area contributed by atoms with Crippen molar-refractivity contribution in [1.82, 2.24) is 0 Å². The lowest BCUT2D eigenvalue weighted by atomic mass is 10.1. The van der Waals surface area contributed by atoms with E-state index in [-0.39, 0.29) is 23.4 Å². The second-order valence-electron chi connectivity index (χ2n) is 5.83. The van der Waals surface area contributed by atoms with Crippen molar-refractivity contribution in [1.29, 1.82) is 0 Å². The number of anilines is 2. The van der Waals surface area contributed by atoms with Crippen LogP contribution in [0.15, 0.2) is 42.5 Å². The molecular formula is C18H16N2O5. The van der Waals surface area contributed by atoms with Gasteiger partial charge in [0.15, 0.2) is 0 Å². The predicted octanol–water partition coefficient (Wildman–Crippen LogP) is 2.14. The molecule has 2 aromatic carbocycles. The van der Waals surface area contributed by atoms with Crippen LogP contribution in [0.3, 0.4) is 0 Å². The van der Waals surface area contributed by atoms with Gasteiger partial charge in [-0.1, -0.05) is 12.1 Å². The number of aryl methyl sites for hydroxylation is 1. The molecule has 1 aliphatic heterocycles. The van der Waals surface area contributed by atoms with E-state index in [9.17, 15) is 19.5 Å². The van der Waals surface area contributed by atoms with Gasteiger partial charge in [-0.2, -0.15) is 0 Å². The predicted molar refractivity (Wildman–Crippen MR) is 90.8 cm³/mol. The number of benzene rings is 2. The molecule has 1 aliphatic rings. The Morgan fingerprint density at radius 1 is 1.20 bits per heavy atom. The van der Waals surface area contributed by atoms with E-state index in [0.717, 1.165) is 4.90 Å². The fraction of sp³-hybridized carbons (Fsp3) is 0.167. The maximum Gasteiger partial charge on any atom is 0.335 e. The van der Waals surface area contributed by atoms with Gasteiger partial charge in [0.05, 0.1) is 17.7 Å². The van der Waals surface area contributed by atoms with Gasteiger partial charge in [0.25, 0.3) is 5.91 Å². The third-order valence-electron chi connectivity index (χ3n) is 4.03. The largest absolute Gasteiger partial charge is 0.508 e. The Morgan fingerprint density at radius 3 is 2.64 bits per heavy atom. The monoisotopic (exact) mass is 340 g/mol. The van der Waals surface area contributed by atoms with Gasteiger partial charge in [0.1, 0.15) is 11.8 Å². The van der Waals surface area contributed by atoms with E-state index in [1.54, 1.807) is 25.1 Å². The number of phenols is 1. The number of nitrogens with zero attached hydrogens (tertiary/aromatic N) is 1. The molecule has 0 aromatic heterocycles. The number of carboxylic acids is 1. The molecule has 25 heavy (non-hydrogen) atoms. The first-order valence-corrected chi connectivity index (χ1v) is 7.63. The van der Waals surface area contributed by atoms with E-state index in [2.05, 4.69) is 5.32 Å². The fourth-order valence-electron chi connectivity index (χ4n) is 2.78. The molecule has 1 unspecified atom stereocenters. The lowest BCUT2D eigenvalue weighted by Gasteiger charge is -2.18. The van der Waals surface area contributed by atoms with Gasteiger partial charge in [-0.25, -0.2) is 9.69 Å². The number of nitrogens with one attached hydrogen (secondary N) is 1. The zero-order valence-corrected chi connectivity index (χ0v) is 13.4. The minimum Gasteiger partial charge on any atom is -0.508 e. The second kappa shape index (κ2) is 6.27. The van der Waals surface area contributed by atoms with Gasteiger partial charge < -0.3 is 15.5 Å². The molecule has 1 saturated heterocycles. The molecule has 0 spiro atoms. The van der Waals surface area contributed by atoms with Crippen LogP contribution in [0.5, 0.6) is 5.75 Å². The zero-order chi connectivity index (χ0) is 18.1. The molecule has 1 heterocycles. The molecule has 2 amide bonds. The van der Waals surface area contributed by atoms with E-state index in [0.29, 0.717) is 11.3 Å². The number of aromatic carboxylic acids is 1. The third kappa shape index (κ3) is 3.16. The van der Waals surface area contributed by atoms with Crippen molar-refractivity contribution >= 4 is 29.2 Å². The summed E-state index contributed by atoms with van der Waals surface area (Å²) in [6.07, 6.45) is -0.0504. The highest BCUT2D eigenvalue weighted by Gasteiger charge is 2.40. The van der Waals surface area contributed by atoms with Crippen LogP contribution in [0.25, 0.3) is 0 Å². The van der Waals surface area contributed by atoms with Crippen LogP contribution >= 0.6 is 0 Å². The number of aromatic hydroxyl groups is 1. The lowest BCUT2D eigenvalue weighted by Crippen LogP contribution is -2.35. The van der Waals surface area contributed by atoms with Crippen LogP contribution in [0, 0.1) is 6.92 Å². The third-order valence-corrected chi connectivity index (χ3v) is 4.03. The molecule has 0 aliphatic carbocycles. The number of carboxylic acid groups (broad SMARTS) is 1. The zero-order valence-electron chi connectivity index (χ0n) is 13.4. The molecule has 0 bridgehead atoms. The summed E-state index contributed by atoms with van der Waals surface area (Å²) in [6.45, 7) is 1.71. The fourth-order valence-corrected chi connectivity index (χ4v) is 2.78. The molecule has 3 rings (SSSR count). The van der Waals surface area contributed by atoms with Crippen molar-refractivity contribution in [2.75, 3.05) is 10.2 Å². The Bertz CT molecular complexity index is 878. The number of hydrogen-bond donors (Lipinski definition) is 3. The maximum atomic E-state index is 12.7. The van der Waals surface area contributed by atoms with Crippen LogP contribution in [0.2, 0.25) is 0 Å². The summed E-state index contributed by atoms with van der Waals surface area (Å²) in [6, 6.07) is 9.79. The van der Waals surface area contributed by atoms with Crippen molar-refractivity contribution in [3.05, 3.63) is 53.6 Å². The summed E-state index contributed by atoms with van der Waals surface area (Å²) in [5.41, 5.74) is 1.43. The Kier molecular flexibility index (Phi) is 4.14. The minimum absolute atomic E-state index is 0.00518. The van der Waals surface area contributed by atoms with Crippen molar-refractivity contribution in [3.63, 3.8) is 0 Å². The molecule has 2 aromatic rings. The van der Waals surface area contributed by atoms with Crippen molar-refractivity contribution in [2.24, 2.45) is 0 Å². The van der Waals surface area contributed by atoms with E-state index in [4.69, 9.17) is 5.11 Å². The van der Waals surface area contributed by atoms with Crippen LogP contribution in [-0.2, 0) is 9.59 Å². The van der Waals surface area contributed by atoms with Crippen LogP contribution in [-0.4, -0.2) is 34.0 Å². The highest BCUT2D eigenvalue weighted by atomic mass is 16.4. The molecule has 128 valence electrons. The molecule has 0 saturated carbocycles. The average molecular weight is 340 g/mol. The molecule has 3 N–H and O–H groups in total. The first-order chi connectivity index (χ1) is 11.9. The van der Waals surface area contributed by atoms with E-state index in [1.807, 2.05) is 0 Å². The summed E-state index contributed by atoms with van der Waals surface area (Å²) in [4.78, 5) is 37.2. The SMILES string of the molecule is Cc1ccc(C(=O)O)cc1N1C(=O)CC(Nc2cccc(O)c2)C1=O. The molecular weight excluding hydrogens is 324 g/mol. The highest BCUT2D eigenvalue weighted by Crippen LogP contribution is 2.29. The van der Waals surface area contributed by atoms with E-state index in [1.165, 1.54) is 24.3 Å². The van der Waals surface area contributed by atoms with Crippen molar-refractivity contribution < 1.29 is 24.6 Å².